The molecule has 2 N–H and O–H groups in total. The smallest absolute Gasteiger partial charge is 0.253 e. The van der Waals surface area contributed by atoms with Crippen LogP contribution < -0.4 is 5.32 Å². The van der Waals surface area contributed by atoms with E-state index in [0.717, 1.165) is 99.1 Å². The molecule has 11 rings (SSSR count). The largest absolute Gasteiger partial charge is 0.347 e. The number of carbonyl (C=O) groups is 2. The van der Waals surface area contributed by atoms with Crippen LogP contribution in [0, 0.1) is 13.8 Å². The van der Waals surface area contributed by atoms with Gasteiger partial charge < -0.3 is 15.2 Å². The number of amides is 2. The predicted molar refractivity (Wildman–Crippen MR) is 232 cm³/mol. The van der Waals surface area contributed by atoms with Gasteiger partial charge in [-0.2, -0.15) is 0 Å². The number of likely N-dealkylation sites (tertiary alicyclic amines) is 1. The fourth-order valence-electron chi connectivity index (χ4n) is 11.0. The zero-order valence-electron chi connectivity index (χ0n) is 34.6. The topological polar surface area (TPSA) is 123 Å². The zero-order chi connectivity index (χ0) is 40.8. The number of aromatic nitrogens is 5. The van der Waals surface area contributed by atoms with Gasteiger partial charge in [-0.25, -0.2) is 9.97 Å². The van der Waals surface area contributed by atoms with Gasteiger partial charge in [-0.05, 0) is 118 Å². The van der Waals surface area contributed by atoms with Crippen molar-refractivity contribution in [2.45, 2.75) is 81.8 Å². The van der Waals surface area contributed by atoms with Gasteiger partial charge >= 0.3 is 0 Å². The quantitative estimate of drug-likeness (QED) is 0.144. The first-order chi connectivity index (χ1) is 29.3. The number of hydrogen-bond acceptors (Lipinski definition) is 8. The summed E-state index contributed by atoms with van der Waals surface area (Å²) in [5.74, 6) is 0.0677. The number of pyridine rings is 2. The number of rotatable bonds is 10. The lowest BCUT2D eigenvalue weighted by atomic mass is 9.62. The van der Waals surface area contributed by atoms with Crippen molar-refractivity contribution in [1.82, 2.24) is 44.9 Å². The Kier molecular flexibility index (Phi) is 10.0. The molecule has 6 aromatic rings. The van der Waals surface area contributed by atoms with E-state index in [0.29, 0.717) is 24.2 Å². The summed E-state index contributed by atoms with van der Waals surface area (Å²) in [6.07, 6.45) is 12.5. The van der Waals surface area contributed by atoms with E-state index >= 15 is 0 Å². The lowest BCUT2D eigenvalue weighted by molar-refractivity contribution is 0.0466. The summed E-state index contributed by atoms with van der Waals surface area (Å²) in [6.45, 7) is 9.31. The lowest BCUT2D eigenvalue weighted by Gasteiger charge is -2.47. The van der Waals surface area contributed by atoms with E-state index in [-0.39, 0.29) is 34.9 Å². The van der Waals surface area contributed by atoms with Gasteiger partial charge in [-0.1, -0.05) is 42.5 Å². The minimum absolute atomic E-state index is 0.00787. The van der Waals surface area contributed by atoms with Gasteiger partial charge in [0, 0.05) is 84.8 Å². The number of H-pyrrole nitrogens is 1. The monoisotopic (exact) mass is 799 g/mol. The third-order valence-corrected chi connectivity index (χ3v) is 14.0. The van der Waals surface area contributed by atoms with Crippen molar-refractivity contribution in [2.75, 3.05) is 39.3 Å². The van der Waals surface area contributed by atoms with Crippen LogP contribution in [-0.4, -0.2) is 96.2 Å². The second-order valence-electron chi connectivity index (χ2n) is 17.7. The second kappa shape index (κ2) is 15.7. The number of nitrogens with zero attached hydrogens (tertiary/aromatic N) is 7. The molecule has 0 unspecified atom stereocenters. The Morgan fingerprint density at radius 1 is 0.750 bits per heavy atom. The Morgan fingerprint density at radius 2 is 1.43 bits per heavy atom. The molecule has 2 atom stereocenters. The highest BCUT2D eigenvalue weighted by Gasteiger charge is 2.63. The molecule has 2 aliphatic heterocycles. The van der Waals surface area contributed by atoms with Crippen LogP contribution in [0.3, 0.4) is 0 Å². The average Bonchev–Trinajstić information content (AvgIpc) is 3.99. The van der Waals surface area contributed by atoms with E-state index in [2.05, 4.69) is 57.1 Å². The molecule has 6 heterocycles. The van der Waals surface area contributed by atoms with E-state index in [4.69, 9.17) is 15.0 Å². The van der Waals surface area contributed by atoms with Crippen LogP contribution in [0.15, 0.2) is 104 Å². The van der Waals surface area contributed by atoms with Crippen molar-refractivity contribution in [3.63, 3.8) is 0 Å². The molecule has 11 heteroatoms. The lowest BCUT2D eigenvalue weighted by Crippen LogP contribution is -2.57. The van der Waals surface area contributed by atoms with Crippen LogP contribution in [0.5, 0.6) is 0 Å². The van der Waals surface area contributed by atoms with E-state index in [1.165, 1.54) is 22.5 Å². The first-order valence-electron chi connectivity index (χ1n) is 21.7. The van der Waals surface area contributed by atoms with Gasteiger partial charge in [0.15, 0.2) is 0 Å². The van der Waals surface area contributed by atoms with Crippen LogP contribution in [-0.2, 0) is 5.41 Å². The van der Waals surface area contributed by atoms with Crippen LogP contribution >= 0.6 is 0 Å². The maximum absolute atomic E-state index is 13.8. The highest BCUT2D eigenvalue weighted by atomic mass is 16.2. The molecule has 2 saturated heterocycles. The predicted octanol–water partition coefficient (Wildman–Crippen LogP) is 7.75. The van der Waals surface area contributed by atoms with E-state index in [9.17, 15) is 9.59 Å². The highest BCUT2D eigenvalue weighted by Crippen LogP contribution is 2.62. The van der Waals surface area contributed by atoms with Crippen LogP contribution in [0.2, 0.25) is 0 Å². The molecule has 2 amide bonds. The first kappa shape index (κ1) is 38.4. The fourth-order valence-corrected chi connectivity index (χ4v) is 11.0. The standard InChI is InChI=1S/C49H53N9O2/c1-33-9-7-21-50-42(33)40-13-6-14-41(43-34(2)10-8-22-51-43)58(40)28-25-56-23-26-57(27-24-56)47(60)37-17-15-35(16-18-37)39-29-38-44(52-32-53-45(38)54-39)48-19-20-49(30-48,31-48)55-46(59)36-11-4-3-5-12-36/h3-5,7-12,15-18,21-22,29,32,40-41H,6,13-14,19-20,23-28,30-31H2,1-2H3,(H,55,59)(H,52,53,54)/t40-,41+,48?,49?. The van der Waals surface area contributed by atoms with E-state index in [1.807, 2.05) is 84.0 Å². The zero-order valence-corrected chi connectivity index (χ0v) is 34.6. The number of piperazine rings is 1. The van der Waals surface area contributed by atoms with Crippen molar-refractivity contribution in [1.29, 1.82) is 0 Å². The van der Waals surface area contributed by atoms with Crippen LogP contribution in [0.1, 0.15) is 106 Å². The Morgan fingerprint density at radius 3 is 2.10 bits per heavy atom. The van der Waals surface area contributed by atoms with Crippen LogP contribution in [0.4, 0.5) is 0 Å². The van der Waals surface area contributed by atoms with Gasteiger partial charge in [0.2, 0.25) is 0 Å². The summed E-state index contributed by atoms with van der Waals surface area (Å²) in [5.41, 5.74) is 9.82. The maximum atomic E-state index is 13.8. The normalized spacial score (nSPS) is 24.3. The molecular formula is C49H53N9O2. The number of hydrogen-bond donors (Lipinski definition) is 2. The Balaban J connectivity index is 0.775. The second-order valence-corrected chi connectivity index (χ2v) is 17.7. The fraction of sp³-hybridized carbons (Fsp3) is 0.388. The highest BCUT2D eigenvalue weighted by molar-refractivity contribution is 5.96. The number of aryl methyl sites for hydroxylation is 2. The van der Waals surface area contributed by atoms with Crippen LogP contribution in [0.25, 0.3) is 22.3 Å². The van der Waals surface area contributed by atoms with Crippen molar-refractivity contribution >= 4 is 22.8 Å². The molecule has 2 aromatic carbocycles. The number of benzene rings is 2. The molecule has 3 saturated carbocycles. The number of fused-ring (bicyclic) bond motifs is 2. The third kappa shape index (κ3) is 7.07. The van der Waals surface area contributed by atoms with Gasteiger partial charge in [-0.15, -0.1) is 0 Å². The molecule has 4 aromatic heterocycles. The molecule has 5 aliphatic rings. The average molecular weight is 800 g/mol. The molecule has 2 bridgehead atoms. The van der Waals surface area contributed by atoms with Gasteiger partial charge in [-0.3, -0.25) is 29.4 Å². The molecule has 60 heavy (non-hydrogen) atoms. The summed E-state index contributed by atoms with van der Waals surface area (Å²) in [6, 6.07) is 28.5. The summed E-state index contributed by atoms with van der Waals surface area (Å²) >= 11 is 0. The molecule has 11 nitrogen and oxygen atoms in total. The van der Waals surface area contributed by atoms with E-state index < -0.39 is 0 Å². The maximum Gasteiger partial charge on any atom is 0.253 e. The molecule has 3 aliphatic carbocycles. The molecular weight excluding hydrogens is 747 g/mol. The molecule has 0 spiro atoms. The first-order valence-corrected chi connectivity index (χ1v) is 21.7. The number of piperidine rings is 1. The Hall–Kier alpha value is -5.78. The Labute approximate surface area is 351 Å². The van der Waals surface area contributed by atoms with Crippen molar-refractivity contribution in [3.05, 3.63) is 143 Å². The SMILES string of the molecule is Cc1cccnc1[C@H]1CCC[C@@H](c2ncccc2C)N1CCN1CCN(C(=O)c2ccc(-c3cc4c(C56CCC(NC(=O)c7ccccc7)(C5)C6)ncnc4[nH]3)cc2)CC1. The van der Waals surface area contributed by atoms with Crippen molar-refractivity contribution < 1.29 is 9.59 Å². The molecule has 5 fully saturated rings. The van der Waals surface area contributed by atoms with Gasteiger partial charge in [0.1, 0.15) is 12.0 Å². The third-order valence-electron chi connectivity index (χ3n) is 14.0. The minimum atomic E-state index is -0.182. The Bertz CT molecular complexity index is 2470. The number of nitrogens with one attached hydrogen (secondary N) is 2. The van der Waals surface area contributed by atoms with Gasteiger partial charge in [0.25, 0.3) is 11.8 Å². The molecule has 306 valence electrons. The number of carbonyl (C=O) groups excluding carboxylic acids is 2. The van der Waals surface area contributed by atoms with Crippen molar-refractivity contribution in [3.8, 4) is 11.3 Å². The van der Waals surface area contributed by atoms with E-state index in [1.54, 1.807) is 6.33 Å². The summed E-state index contributed by atoms with van der Waals surface area (Å²) in [7, 11) is 0. The summed E-state index contributed by atoms with van der Waals surface area (Å²) in [5, 5.41) is 4.38. The number of aromatic amines is 1. The minimum Gasteiger partial charge on any atom is -0.347 e. The summed E-state index contributed by atoms with van der Waals surface area (Å²) < 4.78 is 0. The molecule has 0 radical (unpaired) electrons. The van der Waals surface area contributed by atoms with Crippen molar-refractivity contribution in [2.24, 2.45) is 0 Å². The summed E-state index contributed by atoms with van der Waals surface area (Å²) in [4.78, 5) is 56.7. The van der Waals surface area contributed by atoms with Gasteiger partial charge in [0.05, 0.1) is 29.2 Å².